The van der Waals surface area contributed by atoms with Crippen LogP contribution in [0.4, 0.5) is 20.6 Å². The van der Waals surface area contributed by atoms with Gasteiger partial charge in [0.25, 0.3) is 5.91 Å². The minimum Gasteiger partial charge on any atom is -0.308 e. The van der Waals surface area contributed by atoms with Gasteiger partial charge in [-0.25, -0.2) is 9.18 Å². The van der Waals surface area contributed by atoms with Gasteiger partial charge >= 0.3 is 6.03 Å². The molecule has 3 aromatic carbocycles. The van der Waals surface area contributed by atoms with Crippen LogP contribution >= 0.6 is 11.8 Å². The monoisotopic (exact) mass is 447 g/mol. The van der Waals surface area contributed by atoms with Gasteiger partial charge in [-0.05, 0) is 42.8 Å². The number of benzene rings is 3. The summed E-state index contributed by atoms with van der Waals surface area (Å²) in [4.78, 5) is 29.1. The molecule has 1 atom stereocenters. The van der Waals surface area contributed by atoms with Crippen molar-refractivity contribution in [1.82, 2.24) is 4.90 Å². The second-order valence-corrected chi connectivity index (χ2v) is 9.27. The summed E-state index contributed by atoms with van der Waals surface area (Å²) in [5, 5.41) is 2.90. The molecular formula is C25H22FN3O2S. The lowest BCUT2D eigenvalue weighted by molar-refractivity contribution is -0.123. The summed E-state index contributed by atoms with van der Waals surface area (Å²) in [7, 11) is 0. The highest BCUT2D eigenvalue weighted by Crippen LogP contribution is 2.54. The van der Waals surface area contributed by atoms with E-state index in [9.17, 15) is 14.0 Å². The van der Waals surface area contributed by atoms with Gasteiger partial charge in [0.1, 0.15) is 5.82 Å². The molecule has 1 saturated heterocycles. The van der Waals surface area contributed by atoms with E-state index < -0.39 is 10.7 Å². The summed E-state index contributed by atoms with van der Waals surface area (Å²) in [5.41, 5.74) is 3.87. The van der Waals surface area contributed by atoms with Gasteiger partial charge < -0.3 is 10.2 Å². The molecule has 2 heterocycles. The number of urea groups is 1. The Morgan fingerprint density at radius 2 is 1.84 bits per heavy atom. The summed E-state index contributed by atoms with van der Waals surface area (Å²) >= 11 is 1.38. The highest BCUT2D eigenvalue weighted by atomic mass is 32.2. The lowest BCUT2D eigenvalue weighted by Gasteiger charge is -2.33. The summed E-state index contributed by atoms with van der Waals surface area (Å²) in [6.45, 7) is 2.72. The van der Waals surface area contributed by atoms with Crippen LogP contribution in [-0.4, -0.2) is 29.1 Å². The number of fused-ring (bicyclic) bond motifs is 2. The molecule has 1 fully saturated rings. The maximum Gasteiger partial charge on any atom is 0.323 e. The highest BCUT2D eigenvalue weighted by molar-refractivity contribution is 8.01. The number of rotatable bonds is 3. The van der Waals surface area contributed by atoms with Crippen molar-refractivity contribution in [3.05, 3.63) is 95.3 Å². The number of thioether (sulfide) groups is 1. The molecule has 0 aromatic heterocycles. The quantitative estimate of drug-likeness (QED) is 0.607. The Morgan fingerprint density at radius 3 is 2.59 bits per heavy atom. The van der Waals surface area contributed by atoms with E-state index in [1.165, 1.54) is 23.9 Å². The predicted octanol–water partition coefficient (Wildman–Crippen LogP) is 5.11. The Bertz CT molecular complexity index is 1190. The van der Waals surface area contributed by atoms with Gasteiger partial charge in [0.15, 0.2) is 4.87 Å². The van der Waals surface area contributed by atoms with Crippen molar-refractivity contribution in [2.24, 2.45) is 0 Å². The van der Waals surface area contributed by atoms with E-state index in [0.717, 1.165) is 11.1 Å². The fourth-order valence-corrected chi connectivity index (χ4v) is 5.79. The van der Waals surface area contributed by atoms with Crippen LogP contribution in [0.5, 0.6) is 0 Å². The maximum absolute atomic E-state index is 14.3. The first-order chi connectivity index (χ1) is 15.5. The number of nitrogens with zero attached hydrogens (tertiary/aromatic N) is 2. The SMILES string of the molecule is Cc1ccc(NC(=O)N2CCSC23C(=O)N(Cc2ccccc2)c2ccc(F)cc23)cc1. The summed E-state index contributed by atoms with van der Waals surface area (Å²) in [6, 6.07) is 21.2. The maximum atomic E-state index is 14.3. The van der Waals surface area contributed by atoms with Crippen LogP contribution in [-0.2, 0) is 16.2 Å². The van der Waals surface area contributed by atoms with E-state index in [4.69, 9.17) is 0 Å². The first-order valence-corrected chi connectivity index (χ1v) is 11.4. The van der Waals surface area contributed by atoms with Crippen molar-refractivity contribution < 1.29 is 14.0 Å². The van der Waals surface area contributed by atoms with Crippen LogP contribution in [0.1, 0.15) is 16.7 Å². The molecular weight excluding hydrogens is 425 g/mol. The topological polar surface area (TPSA) is 52.7 Å². The molecule has 32 heavy (non-hydrogen) atoms. The number of nitrogens with one attached hydrogen (secondary N) is 1. The fraction of sp³-hybridized carbons (Fsp3) is 0.200. The van der Waals surface area contributed by atoms with Crippen molar-refractivity contribution in [3.63, 3.8) is 0 Å². The standard InChI is InChI=1S/C25H22FN3O2S/c1-17-7-10-20(11-8-17)27-24(31)29-13-14-32-25(29)21-15-19(26)9-12-22(21)28(23(25)30)16-18-5-3-2-4-6-18/h2-12,15H,13-14,16H2,1H3,(H,27,31). The van der Waals surface area contributed by atoms with Crippen LogP contribution in [0.2, 0.25) is 0 Å². The Morgan fingerprint density at radius 1 is 1.09 bits per heavy atom. The first-order valence-electron chi connectivity index (χ1n) is 10.4. The van der Waals surface area contributed by atoms with Gasteiger partial charge in [-0.15, -0.1) is 11.8 Å². The zero-order valence-corrected chi connectivity index (χ0v) is 18.4. The number of hydrogen-bond acceptors (Lipinski definition) is 3. The third kappa shape index (κ3) is 3.33. The number of hydrogen-bond donors (Lipinski definition) is 1. The van der Waals surface area contributed by atoms with Crippen LogP contribution < -0.4 is 10.2 Å². The van der Waals surface area contributed by atoms with E-state index in [0.29, 0.717) is 35.8 Å². The zero-order chi connectivity index (χ0) is 22.3. The minimum atomic E-state index is -1.28. The summed E-state index contributed by atoms with van der Waals surface area (Å²) in [6.07, 6.45) is 0. The summed E-state index contributed by atoms with van der Waals surface area (Å²) in [5.74, 6) is -0.0604. The van der Waals surface area contributed by atoms with Gasteiger partial charge in [0, 0.05) is 23.5 Å². The third-order valence-corrected chi connectivity index (χ3v) is 7.31. The van der Waals surface area contributed by atoms with Crippen molar-refractivity contribution in [3.8, 4) is 0 Å². The average molecular weight is 448 g/mol. The first kappa shape index (κ1) is 20.6. The predicted molar refractivity (Wildman–Crippen MR) is 125 cm³/mol. The normalized spacial score (nSPS) is 19.5. The Hall–Kier alpha value is -3.32. The number of anilines is 2. The van der Waals surface area contributed by atoms with Crippen LogP contribution in [0.25, 0.3) is 0 Å². The fourth-order valence-electron chi connectivity index (χ4n) is 4.34. The van der Waals surface area contributed by atoms with Crippen molar-refractivity contribution in [1.29, 1.82) is 0 Å². The Kier molecular flexibility index (Phi) is 5.13. The molecule has 0 radical (unpaired) electrons. The average Bonchev–Trinajstić information content (AvgIpc) is 3.33. The third-order valence-electron chi connectivity index (χ3n) is 5.89. The molecule has 3 amide bonds. The second-order valence-electron chi connectivity index (χ2n) is 7.98. The smallest absolute Gasteiger partial charge is 0.308 e. The highest BCUT2D eigenvalue weighted by Gasteiger charge is 2.59. The van der Waals surface area contributed by atoms with Crippen LogP contribution in [0.3, 0.4) is 0 Å². The molecule has 1 N–H and O–H groups in total. The largest absolute Gasteiger partial charge is 0.323 e. The van der Waals surface area contributed by atoms with E-state index in [1.54, 1.807) is 15.9 Å². The minimum absolute atomic E-state index is 0.219. The number of carbonyl (C=O) groups excluding carboxylic acids is 2. The number of halogens is 1. The molecule has 2 aliphatic rings. The lowest BCUT2D eigenvalue weighted by Crippen LogP contribution is -2.51. The Labute approximate surface area is 190 Å². The van der Waals surface area contributed by atoms with Crippen LogP contribution in [0.15, 0.2) is 72.8 Å². The molecule has 0 aliphatic carbocycles. The lowest BCUT2D eigenvalue weighted by atomic mass is 10.1. The van der Waals surface area contributed by atoms with E-state index in [-0.39, 0.29) is 11.9 Å². The van der Waals surface area contributed by atoms with Crippen molar-refractivity contribution in [2.45, 2.75) is 18.3 Å². The van der Waals surface area contributed by atoms with E-state index in [2.05, 4.69) is 5.32 Å². The molecule has 3 aromatic rings. The molecule has 0 bridgehead atoms. The van der Waals surface area contributed by atoms with Crippen molar-refractivity contribution >= 4 is 35.1 Å². The van der Waals surface area contributed by atoms with Gasteiger partial charge in [0.2, 0.25) is 0 Å². The van der Waals surface area contributed by atoms with Gasteiger partial charge in [-0.1, -0.05) is 48.0 Å². The van der Waals surface area contributed by atoms with Gasteiger partial charge in [0.05, 0.1) is 12.2 Å². The molecule has 2 aliphatic heterocycles. The summed E-state index contributed by atoms with van der Waals surface area (Å²) < 4.78 is 14.3. The molecule has 5 rings (SSSR count). The molecule has 162 valence electrons. The molecule has 0 saturated carbocycles. The van der Waals surface area contributed by atoms with Crippen molar-refractivity contribution in [2.75, 3.05) is 22.5 Å². The van der Waals surface area contributed by atoms with Crippen LogP contribution in [0, 0.1) is 12.7 Å². The number of aryl methyl sites for hydroxylation is 1. The van der Waals surface area contributed by atoms with E-state index in [1.807, 2.05) is 61.5 Å². The van der Waals surface area contributed by atoms with Gasteiger partial charge in [-0.2, -0.15) is 0 Å². The zero-order valence-electron chi connectivity index (χ0n) is 17.5. The van der Waals surface area contributed by atoms with Gasteiger partial charge in [-0.3, -0.25) is 9.69 Å². The number of carbonyl (C=O) groups is 2. The number of amides is 3. The molecule has 5 nitrogen and oxygen atoms in total. The Balaban J connectivity index is 1.53. The molecule has 1 unspecified atom stereocenters. The molecule has 7 heteroatoms. The second kappa shape index (κ2) is 7.98. The van der Waals surface area contributed by atoms with E-state index >= 15 is 0 Å². The molecule has 1 spiro atoms.